The first-order valence-corrected chi connectivity index (χ1v) is 14.6. The number of fused-ring (bicyclic) bond motifs is 2. The van der Waals surface area contributed by atoms with Crippen molar-refractivity contribution in [1.82, 2.24) is 25.2 Å². The van der Waals surface area contributed by atoms with E-state index >= 15 is 0 Å². The van der Waals surface area contributed by atoms with Crippen molar-refractivity contribution in [3.8, 4) is 11.6 Å². The van der Waals surface area contributed by atoms with Gasteiger partial charge in [-0.25, -0.2) is 19.2 Å². The second-order valence-corrected chi connectivity index (χ2v) is 10.9. The molecule has 0 unspecified atom stereocenters. The van der Waals surface area contributed by atoms with Gasteiger partial charge in [-0.2, -0.15) is 0 Å². The lowest BCUT2D eigenvalue weighted by Gasteiger charge is -2.40. The van der Waals surface area contributed by atoms with Gasteiger partial charge in [-0.3, -0.25) is 9.78 Å². The van der Waals surface area contributed by atoms with Gasteiger partial charge in [0.25, 0.3) is 5.91 Å². The van der Waals surface area contributed by atoms with E-state index < -0.39 is 11.9 Å². The van der Waals surface area contributed by atoms with Gasteiger partial charge in [0.2, 0.25) is 5.88 Å². The Morgan fingerprint density at radius 3 is 2.80 bits per heavy atom. The number of ether oxygens (including phenoxy) is 3. The van der Waals surface area contributed by atoms with E-state index in [9.17, 15) is 14.0 Å². The van der Waals surface area contributed by atoms with Gasteiger partial charge in [0.1, 0.15) is 12.4 Å². The van der Waals surface area contributed by atoms with Crippen LogP contribution in [0.5, 0.6) is 11.6 Å². The Labute approximate surface area is 253 Å². The molecular formula is C32H33FN6O5. The Kier molecular flexibility index (Phi) is 8.78. The quantitative estimate of drug-likeness (QED) is 0.260. The van der Waals surface area contributed by atoms with Gasteiger partial charge in [0.05, 0.1) is 36.6 Å². The van der Waals surface area contributed by atoms with Gasteiger partial charge in [-0.05, 0) is 55.5 Å². The van der Waals surface area contributed by atoms with Gasteiger partial charge >= 0.3 is 6.09 Å². The summed E-state index contributed by atoms with van der Waals surface area (Å²) in [4.78, 5) is 39.9. The van der Waals surface area contributed by atoms with Crippen molar-refractivity contribution < 1.29 is 28.2 Å². The van der Waals surface area contributed by atoms with Crippen LogP contribution in [0.3, 0.4) is 0 Å². The van der Waals surface area contributed by atoms with E-state index in [-0.39, 0.29) is 37.6 Å². The van der Waals surface area contributed by atoms with Crippen LogP contribution in [0, 0.1) is 11.7 Å². The van der Waals surface area contributed by atoms with Crippen LogP contribution >= 0.6 is 0 Å². The lowest BCUT2D eigenvalue weighted by atomic mass is 9.79. The molecule has 2 N–H and O–H groups in total. The number of halogens is 1. The lowest BCUT2D eigenvalue weighted by molar-refractivity contribution is -0.118. The second kappa shape index (κ2) is 13.2. The van der Waals surface area contributed by atoms with Gasteiger partial charge in [0.15, 0.2) is 18.2 Å². The molecule has 12 heteroatoms. The van der Waals surface area contributed by atoms with E-state index in [2.05, 4.69) is 25.6 Å². The summed E-state index contributed by atoms with van der Waals surface area (Å²) in [5.74, 6) is 0.707. The van der Waals surface area contributed by atoms with E-state index in [1.165, 1.54) is 13.3 Å². The van der Waals surface area contributed by atoms with Crippen LogP contribution in [0.15, 0.2) is 60.8 Å². The minimum Gasteiger partial charge on any atom is -0.481 e. The average molecular weight is 601 g/mol. The third-order valence-electron chi connectivity index (χ3n) is 7.95. The molecule has 1 fully saturated rings. The van der Waals surface area contributed by atoms with Crippen molar-refractivity contribution in [2.45, 2.75) is 38.5 Å². The van der Waals surface area contributed by atoms with Crippen molar-refractivity contribution in [3.63, 3.8) is 0 Å². The highest BCUT2D eigenvalue weighted by atomic mass is 19.1. The Bertz CT molecular complexity index is 1660. The maximum atomic E-state index is 14.8. The molecule has 0 radical (unpaired) electrons. The molecule has 0 saturated heterocycles. The summed E-state index contributed by atoms with van der Waals surface area (Å²) in [6, 6.07) is 16.6. The molecule has 1 aromatic carbocycles. The topological polar surface area (TPSA) is 128 Å². The molecule has 3 aromatic heterocycles. The maximum absolute atomic E-state index is 14.8. The molecule has 0 spiro atoms. The Hall–Kier alpha value is -4.84. The number of nitrogens with one attached hydrogen (secondary N) is 2. The predicted molar refractivity (Wildman–Crippen MR) is 160 cm³/mol. The minimum atomic E-state index is -0.454. The predicted octanol–water partition coefficient (Wildman–Crippen LogP) is 4.25. The monoisotopic (exact) mass is 600 g/mol. The van der Waals surface area contributed by atoms with E-state index in [0.717, 1.165) is 18.4 Å². The molecule has 6 rings (SSSR count). The number of carbonyl (C=O) groups is 2. The number of anilines is 1. The molecule has 1 saturated carbocycles. The van der Waals surface area contributed by atoms with Crippen molar-refractivity contribution in [2.75, 3.05) is 32.1 Å². The number of benzene rings is 1. The number of pyridine rings is 3. The van der Waals surface area contributed by atoms with Gasteiger partial charge in [-0.15, -0.1) is 0 Å². The number of methoxy groups -OCH3 is 1. The maximum Gasteiger partial charge on any atom is 0.410 e. The average Bonchev–Trinajstić information content (AvgIpc) is 3.04. The largest absolute Gasteiger partial charge is 0.481 e. The number of carbonyl (C=O) groups excluding carboxylic acids is 2. The Balaban J connectivity index is 1.12. The fraction of sp³-hybridized carbons (Fsp3) is 0.344. The van der Waals surface area contributed by atoms with Crippen molar-refractivity contribution in [1.29, 1.82) is 0 Å². The number of hydrogen-bond acceptors (Lipinski definition) is 9. The van der Waals surface area contributed by atoms with Gasteiger partial charge in [0, 0.05) is 24.2 Å². The second-order valence-electron chi connectivity index (χ2n) is 10.9. The highest BCUT2D eigenvalue weighted by molar-refractivity contribution is 5.94. The highest BCUT2D eigenvalue weighted by Gasteiger charge is 2.34. The molecule has 4 heterocycles. The summed E-state index contributed by atoms with van der Waals surface area (Å²) in [7, 11) is 1.52. The zero-order valence-electron chi connectivity index (χ0n) is 24.3. The van der Waals surface area contributed by atoms with E-state index in [1.807, 2.05) is 30.3 Å². The number of hydrogen-bond donors (Lipinski definition) is 2. The van der Waals surface area contributed by atoms with Crippen LogP contribution < -0.4 is 20.1 Å². The Morgan fingerprint density at radius 1 is 1.14 bits per heavy atom. The van der Waals surface area contributed by atoms with Crippen molar-refractivity contribution in [3.05, 3.63) is 83.4 Å². The van der Waals surface area contributed by atoms with Crippen LogP contribution in [0.25, 0.3) is 11.0 Å². The smallest absolute Gasteiger partial charge is 0.410 e. The summed E-state index contributed by atoms with van der Waals surface area (Å²) >= 11 is 0. The number of aromatic nitrogens is 3. The first-order chi connectivity index (χ1) is 21.5. The van der Waals surface area contributed by atoms with Crippen molar-refractivity contribution in [2.24, 2.45) is 5.92 Å². The molecular weight excluding hydrogens is 567 g/mol. The number of amides is 2. The summed E-state index contributed by atoms with van der Waals surface area (Å²) in [6.45, 7) is 1.26. The van der Waals surface area contributed by atoms with E-state index in [4.69, 9.17) is 14.2 Å². The summed E-state index contributed by atoms with van der Waals surface area (Å²) in [5, 5.41) is 6.26. The van der Waals surface area contributed by atoms with Gasteiger partial charge in [-0.1, -0.05) is 30.3 Å². The van der Waals surface area contributed by atoms with E-state index in [1.54, 1.807) is 29.2 Å². The normalized spacial score (nSPS) is 17.2. The molecule has 0 bridgehead atoms. The van der Waals surface area contributed by atoms with Crippen LogP contribution in [0.2, 0.25) is 0 Å². The highest BCUT2D eigenvalue weighted by Crippen LogP contribution is 2.30. The summed E-state index contributed by atoms with van der Waals surface area (Å²) in [5.41, 5.74) is 3.06. The summed E-state index contributed by atoms with van der Waals surface area (Å²) < 4.78 is 31.1. The molecule has 11 nitrogen and oxygen atoms in total. The number of rotatable bonds is 11. The lowest BCUT2D eigenvalue weighted by Crippen LogP contribution is -2.50. The molecule has 4 aromatic rings. The first kappa shape index (κ1) is 29.2. The third-order valence-corrected chi connectivity index (χ3v) is 7.95. The fourth-order valence-electron chi connectivity index (χ4n) is 5.45. The standard InChI is InChI=1S/C32H33FN6O5/c1-42-29-12-10-26-30(38-29)23(24(33)15-35-26)13-14-34-25-9-7-21(25)16-39(32(41)44-18-20-5-3-2-4-6-20)17-22-8-11-27-31(36-22)37-28(40)19-43-27/h2-6,8,10-12,15,21,25,34H,7,9,13-14,16-19H2,1H3,(H,36,37,40)/t21-,25+/m0/s1. The van der Waals surface area contributed by atoms with Gasteiger partial charge < -0.3 is 29.7 Å². The van der Waals surface area contributed by atoms with E-state index in [0.29, 0.717) is 59.2 Å². The summed E-state index contributed by atoms with van der Waals surface area (Å²) in [6.07, 6.45) is 3.05. The minimum absolute atomic E-state index is 0.0588. The molecule has 2 amide bonds. The Morgan fingerprint density at radius 2 is 2.00 bits per heavy atom. The fourth-order valence-corrected chi connectivity index (χ4v) is 5.45. The third kappa shape index (κ3) is 6.70. The zero-order chi connectivity index (χ0) is 30.5. The van der Waals surface area contributed by atoms with Crippen LogP contribution in [-0.4, -0.2) is 64.7 Å². The first-order valence-electron chi connectivity index (χ1n) is 14.6. The zero-order valence-corrected chi connectivity index (χ0v) is 24.3. The SMILES string of the molecule is COc1ccc2ncc(F)c(CCN[C@@H]3CC[C@H]3CN(Cc3ccc4c(n3)NC(=O)CO4)C(=O)OCc3ccccc3)c2n1. The van der Waals surface area contributed by atoms with Crippen LogP contribution in [0.4, 0.5) is 15.0 Å². The van der Waals surface area contributed by atoms with Crippen LogP contribution in [-0.2, 0) is 29.1 Å². The number of nitrogens with zero attached hydrogens (tertiary/aromatic N) is 4. The van der Waals surface area contributed by atoms with Crippen molar-refractivity contribution >= 4 is 28.9 Å². The molecule has 2 aliphatic rings. The molecule has 1 aliphatic heterocycles. The molecule has 44 heavy (non-hydrogen) atoms. The molecule has 2 atom stereocenters. The molecule has 228 valence electrons. The molecule has 1 aliphatic carbocycles. The van der Waals surface area contributed by atoms with Crippen LogP contribution in [0.1, 0.15) is 29.7 Å².